The Kier molecular flexibility index (Phi) is 4.42. The van der Waals surface area contributed by atoms with Crippen LogP contribution in [0.3, 0.4) is 0 Å². The Morgan fingerprint density at radius 2 is 2.09 bits per heavy atom. The van der Waals surface area contributed by atoms with Crippen LogP contribution in [0.2, 0.25) is 0 Å². The van der Waals surface area contributed by atoms with E-state index in [-0.39, 0.29) is 18.8 Å². The van der Waals surface area contributed by atoms with E-state index in [9.17, 15) is 9.90 Å². The molecule has 0 spiro atoms. The van der Waals surface area contributed by atoms with Crippen LogP contribution >= 0.6 is 0 Å². The van der Waals surface area contributed by atoms with Gasteiger partial charge in [0.25, 0.3) is 0 Å². The average molecular weight is 317 g/mol. The van der Waals surface area contributed by atoms with E-state index < -0.39 is 24.1 Å². The van der Waals surface area contributed by atoms with E-state index in [1.54, 1.807) is 6.20 Å². The van der Waals surface area contributed by atoms with Gasteiger partial charge in [0.1, 0.15) is 18.1 Å². The van der Waals surface area contributed by atoms with Crippen LogP contribution in [-0.4, -0.2) is 38.6 Å². The van der Waals surface area contributed by atoms with Crippen LogP contribution in [-0.2, 0) is 11.2 Å². The normalized spacial score (nSPS) is 24.0. The number of hydrogen-bond acceptors (Lipinski definition) is 6. The fourth-order valence-electron chi connectivity index (χ4n) is 2.73. The monoisotopic (exact) mass is 317 g/mol. The van der Waals surface area contributed by atoms with E-state index in [1.165, 1.54) is 4.57 Å². The maximum atomic E-state index is 12.1. The van der Waals surface area contributed by atoms with Crippen LogP contribution in [0.4, 0.5) is 5.82 Å². The standard InChI is InChI=1S/C16H19N3O4/c17-15-11(6-10-4-2-1-3-5-10)8-19(16(22)18-15)14-7-12(21)13(9-20)23-14/h1-5,8,12-14,20-21H,6-7,9H2,(H2,17,18,22)/t12-,13+,14+/m0/s1. The molecule has 23 heavy (non-hydrogen) atoms. The minimum atomic E-state index is -0.813. The zero-order chi connectivity index (χ0) is 16.4. The van der Waals surface area contributed by atoms with Crippen LogP contribution in [0, 0.1) is 0 Å². The summed E-state index contributed by atoms with van der Waals surface area (Å²) in [6, 6.07) is 9.71. The first-order valence-corrected chi connectivity index (χ1v) is 7.44. The molecule has 7 heteroatoms. The number of benzene rings is 1. The second kappa shape index (κ2) is 6.49. The van der Waals surface area contributed by atoms with Gasteiger partial charge in [0.15, 0.2) is 0 Å². The van der Waals surface area contributed by atoms with Crippen LogP contribution in [0.1, 0.15) is 23.8 Å². The van der Waals surface area contributed by atoms with Gasteiger partial charge in [0.2, 0.25) is 0 Å². The highest BCUT2D eigenvalue weighted by molar-refractivity contribution is 5.40. The Bertz CT molecular complexity index is 732. The second-order valence-corrected chi connectivity index (χ2v) is 5.62. The Morgan fingerprint density at radius 3 is 2.74 bits per heavy atom. The summed E-state index contributed by atoms with van der Waals surface area (Å²) < 4.78 is 6.84. The van der Waals surface area contributed by atoms with Gasteiger partial charge in [-0.1, -0.05) is 30.3 Å². The fraction of sp³-hybridized carbons (Fsp3) is 0.375. The summed E-state index contributed by atoms with van der Waals surface area (Å²) in [5.41, 5.74) is 7.09. The number of aromatic nitrogens is 2. The Labute approximate surface area is 133 Å². The van der Waals surface area contributed by atoms with Crippen molar-refractivity contribution in [1.82, 2.24) is 9.55 Å². The van der Waals surface area contributed by atoms with Crippen LogP contribution in [0.5, 0.6) is 0 Å². The molecular weight excluding hydrogens is 298 g/mol. The number of nitrogen functional groups attached to an aromatic ring is 1. The molecule has 3 rings (SSSR count). The fourth-order valence-corrected chi connectivity index (χ4v) is 2.73. The minimum absolute atomic E-state index is 0.187. The molecule has 1 aromatic heterocycles. The number of nitrogens with zero attached hydrogens (tertiary/aromatic N) is 2. The van der Waals surface area contributed by atoms with Crippen molar-refractivity contribution in [3.05, 3.63) is 58.1 Å². The second-order valence-electron chi connectivity index (χ2n) is 5.62. The van der Waals surface area contributed by atoms with Crippen molar-refractivity contribution in [1.29, 1.82) is 0 Å². The lowest BCUT2D eigenvalue weighted by Crippen LogP contribution is -2.29. The van der Waals surface area contributed by atoms with Crippen molar-refractivity contribution in [3.63, 3.8) is 0 Å². The summed E-state index contributed by atoms with van der Waals surface area (Å²) in [6.45, 7) is -0.300. The lowest BCUT2D eigenvalue weighted by molar-refractivity contribution is -0.0459. The molecule has 0 saturated carbocycles. The number of rotatable bonds is 4. The van der Waals surface area contributed by atoms with Gasteiger partial charge >= 0.3 is 5.69 Å². The number of aliphatic hydroxyl groups is 2. The van der Waals surface area contributed by atoms with E-state index >= 15 is 0 Å². The third-order valence-electron chi connectivity index (χ3n) is 3.99. The first-order chi connectivity index (χ1) is 11.1. The number of aliphatic hydroxyl groups excluding tert-OH is 2. The van der Waals surface area contributed by atoms with Gasteiger partial charge in [0.05, 0.1) is 12.7 Å². The van der Waals surface area contributed by atoms with E-state index in [4.69, 9.17) is 15.6 Å². The molecule has 122 valence electrons. The van der Waals surface area contributed by atoms with Crippen molar-refractivity contribution in [2.24, 2.45) is 0 Å². The van der Waals surface area contributed by atoms with Crippen molar-refractivity contribution in [3.8, 4) is 0 Å². The largest absolute Gasteiger partial charge is 0.394 e. The molecule has 1 fully saturated rings. The highest BCUT2D eigenvalue weighted by atomic mass is 16.5. The average Bonchev–Trinajstić information content (AvgIpc) is 2.91. The summed E-state index contributed by atoms with van der Waals surface area (Å²) >= 11 is 0. The van der Waals surface area contributed by atoms with Gasteiger partial charge in [-0.15, -0.1) is 0 Å². The minimum Gasteiger partial charge on any atom is -0.394 e. The smallest absolute Gasteiger partial charge is 0.351 e. The number of anilines is 1. The predicted octanol–water partition coefficient (Wildman–Crippen LogP) is 0.0570. The van der Waals surface area contributed by atoms with Crippen molar-refractivity contribution < 1.29 is 14.9 Å². The predicted molar refractivity (Wildman–Crippen MR) is 83.8 cm³/mol. The topological polar surface area (TPSA) is 111 Å². The molecule has 0 bridgehead atoms. The third-order valence-corrected chi connectivity index (χ3v) is 3.99. The highest BCUT2D eigenvalue weighted by Gasteiger charge is 2.35. The summed E-state index contributed by atoms with van der Waals surface area (Å²) in [5.74, 6) is 0.187. The van der Waals surface area contributed by atoms with Crippen molar-refractivity contribution >= 4 is 5.82 Å². The van der Waals surface area contributed by atoms with Gasteiger partial charge in [-0.25, -0.2) is 4.79 Å². The van der Waals surface area contributed by atoms with Gasteiger partial charge in [0, 0.05) is 24.6 Å². The Hall–Kier alpha value is -2.22. The molecule has 1 saturated heterocycles. The van der Waals surface area contributed by atoms with E-state index in [2.05, 4.69) is 4.98 Å². The van der Waals surface area contributed by atoms with E-state index in [0.29, 0.717) is 12.0 Å². The van der Waals surface area contributed by atoms with Gasteiger partial charge < -0.3 is 20.7 Å². The molecule has 2 aromatic rings. The first-order valence-electron chi connectivity index (χ1n) is 7.44. The lowest BCUT2D eigenvalue weighted by atomic mass is 10.1. The third kappa shape index (κ3) is 3.26. The van der Waals surface area contributed by atoms with E-state index in [0.717, 1.165) is 5.56 Å². The molecule has 7 nitrogen and oxygen atoms in total. The zero-order valence-corrected chi connectivity index (χ0v) is 12.5. The zero-order valence-electron chi connectivity index (χ0n) is 12.5. The Morgan fingerprint density at radius 1 is 1.35 bits per heavy atom. The van der Waals surface area contributed by atoms with Crippen molar-refractivity contribution in [2.45, 2.75) is 31.3 Å². The molecular formula is C16H19N3O4. The van der Waals surface area contributed by atoms with Gasteiger partial charge in [-0.2, -0.15) is 4.98 Å². The maximum Gasteiger partial charge on any atom is 0.351 e. The molecule has 3 atom stereocenters. The van der Waals surface area contributed by atoms with Crippen LogP contribution in [0.25, 0.3) is 0 Å². The molecule has 1 aliphatic heterocycles. The highest BCUT2D eigenvalue weighted by Crippen LogP contribution is 2.28. The summed E-state index contributed by atoms with van der Waals surface area (Å²) in [6.07, 6.45) is 0.223. The number of ether oxygens (including phenoxy) is 1. The molecule has 0 amide bonds. The summed E-state index contributed by atoms with van der Waals surface area (Å²) in [7, 11) is 0. The molecule has 0 aliphatic carbocycles. The number of hydrogen-bond donors (Lipinski definition) is 3. The maximum absolute atomic E-state index is 12.1. The molecule has 1 aliphatic rings. The van der Waals surface area contributed by atoms with Crippen LogP contribution < -0.4 is 11.4 Å². The summed E-state index contributed by atoms with van der Waals surface area (Å²) in [4.78, 5) is 15.9. The molecule has 0 unspecified atom stereocenters. The Balaban J connectivity index is 1.90. The lowest BCUT2D eigenvalue weighted by Gasteiger charge is -2.16. The molecule has 2 heterocycles. The van der Waals surface area contributed by atoms with E-state index in [1.807, 2.05) is 30.3 Å². The SMILES string of the molecule is Nc1nc(=O)n([C@H]2C[C@H](O)[C@@H](CO)O2)cc1Cc1ccccc1. The summed E-state index contributed by atoms with van der Waals surface area (Å²) in [5, 5.41) is 19.0. The van der Waals surface area contributed by atoms with Gasteiger partial charge in [-0.3, -0.25) is 4.57 Å². The number of nitrogens with two attached hydrogens (primary N) is 1. The van der Waals surface area contributed by atoms with Crippen molar-refractivity contribution in [2.75, 3.05) is 12.3 Å². The van der Waals surface area contributed by atoms with Gasteiger partial charge in [-0.05, 0) is 5.56 Å². The quantitative estimate of drug-likeness (QED) is 0.735. The molecule has 4 N–H and O–H groups in total. The van der Waals surface area contributed by atoms with Crippen LogP contribution in [0.15, 0.2) is 41.3 Å². The first kappa shape index (κ1) is 15.7. The molecule has 1 aromatic carbocycles. The molecule has 0 radical (unpaired) electrons.